The summed E-state index contributed by atoms with van der Waals surface area (Å²) in [6.07, 6.45) is 40.3. The smallest absolute Gasteiger partial charge is 0.241 e. The topological polar surface area (TPSA) is 19.7 Å². The molecule has 1 heterocycles. The number of nitrogens with one attached hydrogen (secondary N) is 1. The van der Waals surface area contributed by atoms with E-state index < -0.39 is 0 Å². The lowest BCUT2D eigenvalue weighted by atomic mass is 9.84. The van der Waals surface area contributed by atoms with E-state index in [-0.39, 0.29) is 0 Å². The van der Waals surface area contributed by atoms with Crippen LogP contribution in [0.25, 0.3) is 0 Å². The number of hydrogen-bond acceptors (Lipinski definition) is 0. The van der Waals surface area contributed by atoms with Crippen LogP contribution in [0.1, 0.15) is 173 Å². The standard InChI is InChI=1S/C37H64N2/c1-3-5-7-9-11-13-14-15-17-18-20-25-29-36(33-35-27-23-22-24-28-35)37(39-32-31-38-34-39)30-26-21-19-16-12-10-8-6-4-2/h22-24,27-28,31-32,34,36-37H,3-21,25-26,29-30,33H2,1-2H3/p+1. The van der Waals surface area contributed by atoms with E-state index in [1.165, 1.54) is 160 Å². The molecule has 2 aromatic rings. The Hall–Kier alpha value is -1.57. The molecular weight excluding hydrogens is 472 g/mol. The first kappa shape index (κ1) is 33.6. The summed E-state index contributed by atoms with van der Waals surface area (Å²) in [4.78, 5) is 3.34. The van der Waals surface area contributed by atoms with Crippen molar-refractivity contribution in [2.75, 3.05) is 0 Å². The van der Waals surface area contributed by atoms with Crippen molar-refractivity contribution in [2.24, 2.45) is 5.92 Å². The summed E-state index contributed by atoms with van der Waals surface area (Å²) in [5, 5.41) is 0. The lowest BCUT2D eigenvalue weighted by Gasteiger charge is -2.25. The predicted molar refractivity (Wildman–Crippen MR) is 171 cm³/mol. The highest BCUT2D eigenvalue weighted by Crippen LogP contribution is 2.29. The Morgan fingerprint density at radius 2 is 1.03 bits per heavy atom. The minimum Gasteiger partial charge on any atom is -0.250 e. The number of unbranched alkanes of at least 4 members (excludes halogenated alkanes) is 19. The molecule has 1 aromatic carbocycles. The molecule has 2 heteroatoms. The fourth-order valence-corrected chi connectivity index (χ4v) is 6.39. The molecule has 0 fully saturated rings. The van der Waals surface area contributed by atoms with Gasteiger partial charge in [0.25, 0.3) is 0 Å². The Morgan fingerprint density at radius 1 is 0.564 bits per heavy atom. The van der Waals surface area contributed by atoms with Crippen LogP contribution in [-0.2, 0) is 6.42 Å². The molecule has 0 amide bonds. The molecular formula is C37H65N2+. The summed E-state index contributed by atoms with van der Waals surface area (Å²) in [6, 6.07) is 11.9. The number of rotatable bonds is 27. The zero-order chi connectivity index (χ0) is 27.6. The van der Waals surface area contributed by atoms with Crippen LogP contribution in [0.4, 0.5) is 0 Å². The van der Waals surface area contributed by atoms with Gasteiger partial charge >= 0.3 is 0 Å². The fourth-order valence-electron chi connectivity index (χ4n) is 6.39. The van der Waals surface area contributed by atoms with Gasteiger partial charge in [0.05, 0.1) is 0 Å². The molecule has 0 saturated heterocycles. The largest absolute Gasteiger partial charge is 0.250 e. The second kappa shape index (κ2) is 24.2. The molecule has 39 heavy (non-hydrogen) atoms. The van der Waals surface area contributed by atoms with E-state index in [0.717, 1.165) is 0 Å². The Morgan fingerprint density at radius 3 is 1.49 bits per heavy atom. The van der Waals surface area contributed by atoms with Gasteiger partial charge in [0.1, 0.15) is 18.4 Å². The molecule has 0 saturated carbocycles. The van der Waals surface area contributed by atoms with Crippen molar-refractivity contribution >= 4 is 0 Å². The normalized spacial score (nSPS) is 13.1. The first-order valence-corrected chi connectivity index (χ1v) is 17.4. The van der Waals surface area contributed by atoms with Gasteiger partial charge < -0.3 is 0 Å². The number of benzene rings is 1. The van der Waals surface area contributed by atoms with Crippen LogP contribution in [0.15, 0.2) is 49.1 Å². The third-order valence-electron chi connectivity index (χ3n) is 8.87. The SMILES string of the molecule is CCCCCCCCCCCCCCC(Cc1ccccc1)C(CCCCCCCCCCC)[n+]1cc[nH]c1. The van der Waals surface area contributed by atoms with Crippen molar-refractivity contribution < 1.29 is 4.57 Å². The Labute approximate surface area is 243 Å². The Balaban J connectivity index is 1.76. The highest BCUT2D eigenvalue weighted by molar-refractivity contribution is 5.15. The van der Waals surface area contributed by atoms with Crippen LogP contribution in [-0.4, -0.2) is 4.98 Å². The number of hydrogen-bond donors (Lipinski definition) is 1. The highest BCUT2D eigenvalue weighted by atomic mass is 15.1. The summed E-state index contributed by atoms with van der Waals surface area (Å²) < 4.78 is 2.50. The first-order valence-electron chi connectivity index (χ1n) is 17.4. The summed E-state index contributed by atoms with van der Waals surface area (Å²) in [6.45, 7) is 4.61. The minimum atomic E-state index is 0.605. The molecule has 2 rings (SSSR count). The minimum absolute atomic E-state index is 0.605. The third kappa shape index (κ3) is 17.0. The number of aromatic nitrogens is 2. The van der Waals surface area contributed by atoms with Gasteiger partial charge in [-0.3, -0.25) is 4.98 Å². The first-order chi connectivity index (χ1) is 19.3. The lowest BCUT2D eigenvalue weighted by molar-refractivity contribution is -0.730. The van der Waals surface area contributed by atoms with Crippen molar-refractivity contribution in [3.8, 4) is 0 Å². The van der Waals surface area contributed by atoms with Crippen molar-refractivity contribution in [1.82, 2.24) is 4.98 Å². The summed E-state index contributed by atoms with van der Waals surface area (Å²) in [7, 11) is 0. The third-order valence-corrected chi connectivity index (χ3v) is 8.87. The average Bonchev–Trinajstić information content (AvgIpc) is 3.49. The van der Waals surface area contributed by atoms with Crippen molar-refractivity contribution in [3.63, 3.8) is 0 Å². The van der Waals surface area contributed by atoms with Gasteiger partial charge in [0, 0.05) is 5.92 Å². The molecule has 0 aliphatic rings. The average molecular weight is 538 g/mol. The van der Waals surface area contributed by atoms with E-state index in [1.54, 1.807) is 0 Å². The predicted octanol–water partition coefficient (Wildman–Crippen LogP) is 11.7. The second-order valence-electron chi connectivity index (χ2n) is 12.4. The molecule has 0 radical (unpaired) electrons. The maximum Gasteiger partial charge on any atom is 0.241 e. The molecule has 0 aliphatic heterocycles. The maximum atomic E-state index is 3.34. The van der Waals surface area contributed by atoms with Gasteiger partial charge in [-0.05, 0) is 31.2 Å². The van der Waals surface area contributed by atoms with E-state index in [2.05, 4.69) is 72.5 Å². The van der Waals surface area contributed by atoms with Gasteiger partial charge in [0.15, 0.2) is 0 Å². The van der Waals surface area contributed by atoms with E-state index >= 15 is 0 Å². The molecule has 0 aliphatic carbocycles. The summed E-state index contributed by atoms with van der Waals surface area (Å²) in [5.74, 6) is 0.713. The van der Waals surface area contributed by atoms with Crippen LogP contribution in [0.2, 0.25) is 0 Å². The van der Waals surface area contributed by atoms with Crippen LogP contribution in [0, 0.1) is 5.92 Å². The van der Waals surface area contributed by atoms with Gasteiger partial charge in [-0.25, -0.2) is 4.57 Å². The molecule has 2 unspecified atom stereocenters. The summed E-state index contributed by atoms with van der Waals surface area (Å²) in [5.41, 5.74) is 1.51. The molecule has 1 aromatic heterocycles. The number of aromatic amines is 1. The summed E-state index contributed by atoms with van der Waals surface area (Å²) >= 11 is 0. The number of H-pyrrole nitrogens is 1. The van der Waals surface area contributed by atoms with E-state index in [4.69, 9.17) is 0 Å². The molecule has 0 spiro atoms. The molecule has 2 nitrogen and oxygen atoms in total. The monoisotopic (exact) mass is 538 g/mol. The van der Waals surface area contributed by atoms with Gasteiger partial charge in [-0.15, -0.1) is 0 Å². The van der Waals surface area contributed by atoms with Crippen LogP contribution in [0.3, 0.4) is 0 Å². The Bertz CT molecular complexity index is 738. The quantitative estimate of drug-likeness (QED) is 0.0863. The van der Waals surface area contributed by atoms with Crippen LogP contribution >= 0.6 is 0 Å². The lowest BCUT2D eigenvalue weighted by Crippen LogP contribution is -2.42. The van der Waals surface area contributed by atoms with Crippen molar-refractivity contribution in [2.45, 2.75) is 174 Å². The Kier molecular flexibility index (Phi) is 20.9. The molecule has 0 bridgehead atoms. The van der Waals surface area contributed by atoms with Crippen LogP contribution in [0.5, 0.6) is 0 Å². The molecule has 2 atom stereocenters. The van der Waals surface area contributed by atoms with Gasteiger partial charge in [0.2, 0.25) is 6.33 Å². The highest BCUT2D eigenvalue weighted by Gasteiger charge is 2.26. The van der Waals surface area contributed by atoms with Gasteiger partial charge in [-0.1, -0.05) is 173 Å². The van der Waals surface area contributed by atoms with E-state index in [1.807, 2.05) is 0 Å². The van der Waals surface area contributed by atoms with Crippen LogP contribution < -0.4 is 4.57 Å². The fraction of sp³-hybridized carbons (Fsp3) is 0.757. The van der Waals surface area contributed by atoms with Crippen molar-refractivity contribution in [3.05, 3.63) is 54.6 Å². The zero-order valence-corrected chi connectivity index (χ0v) is 26.2. The van der Waals surface area contributed by atoms with Gasteiger partial charge in [-0.2, -0.15) is 0 Å². The molecule has 1 N–H and O–H groups in total. The van der Waals surface area contributed by atoms with Crippen molar-refractivity contribution in [1.29, 1.82) is 0 Å². The second-order valence-corrected chi connectivity index (χ2v) is 12.4. The maximum absolute atomic E-state index is 3.34. The van der Waals surface area contributed by atoms with E-state index in [0.29, 0.717) is 12.0 Å². The zero-order valence-electron chi connectivity index (χ0n) is 26.2. The molecule has 222 valence electrons. The number of nitrogens with zero attached hydrogens (tertiary/aromatic N) is 1. The number of imidazole rings is 1. The van der Waals surface area contributed by atoms with E-state index in [9.17, 15) is 0 Å².